The molecule has 0 radical (unpaired) electrons. The van der Waals surface area contributed by atoms with Gasteiger partial charge in [0.05, 0.1) is 6.61 Å². The van der Waals surface area contributed by atoms with Crippen LogP contribution in [0, 0.1) is 0 Å². The van der Waals surface area contributed by atoms with E-state index in [1.54, 1.807) is 30.3 Å². The molecule has 1 aromatic rings. The molecule has 0 saturated carbocycles. The summed E-state index contributed by atoms with van der Waals surface area (Å²) in [6, 6.07) is 6.88. The van der Waals surface area contributed by atoms with E-state index in [1.165, 1.54) is 0 Å². The van der Waals surface area contributed by atoms with Gasteiger partial charge in [0.2, 0.25) is 0 Å². The second-order valence-corrected chi connectivity index (χ2v) is 2.86. The Hall–Kier alpha value is -1.61. The van der Waals surface area contributed by atoms with Crippen LogP contribution in [-0.4, -0.2) is 17.6 Å². The molecule has 2 N–H and O–H groups in total. The predicted molar refractivity (Wildman–Crippen MR) is 54.9 cm³/mol. The van der Waals surface area contributed by atoms with Crippen LogP contribution in [0.15, 0.2) is 36.9 Å². The van der Waals surface area contributed by atoms with Crippen LogP contribution in [-0.2, 0) is 6.61 Å². The molecule has 1 aromatic carbocycles. The number of aliphatic hydroxyl groups excluding tert-OH is 1. The number of benzene rings is 1. The lowest BCUT2D eigenvalue weighted by molar-refractivity contribution is 0.0958. The van der Waals surface area contributed by atoms with Crippen molar-refractivity contribution in [3.63, 3.8) is 0 Å². The summed E-state index contributed by atoms with van der Waals surface area (Å²) in [4.78, 5) is 11.4. The molecule has 0 spiro atoms. The molecule has 0 aromatic heterocycles. The van der Waals surface area contributed by atoms with Crippen LogP contribution in [0.4, 0.5) is 0 Å². The molecular formula is C11H13NO2. The first kappa shape index (κ1) is 10.5. The van der Waals surface area contributed by atoms with E-state index in [0.717, 1.165) is 5.56 Å². The summed E-state index contributed by atoms with van der Waals surface area (Å²) in [6.07, 6.45) is 1.62. The highest BCUT2D eigenvalue weighted by atomic mass is 16.3. The fourth-order valence-electron chi connectivity index (χ4n) is 1.08. The van der Waals surface area contributed by atoms with Crippen molar-refractivity contribution in [2.75, 3.05) is 6.54 Å². The van der Waals surface area contributed by atoms with Crippen molar-refractivity contribution in [2.45, 2.75) is 6.61 Å². The third-order valence-electron chi connectivity index (χ3n) is 1.78. The molecule has 74 valence electrons. The summed E-state index contributed by atoms with van der Waals surface area (Å²) >= 11 is 0. The standard InChI is InChI=1S/C11H13NO2/c1-2-6-12-11(14)10-5-3-4-9(7-10)8-13/h2-5,7,13H,1,6,8H2,(H,12,14). The van der Waals surface area contributed by atoms with Crippen molar-refractivity contribution in [3.8, 4) is 0 Å². The summed E-state index contributed by atoms with van der Waals surface area (Å²) in [5.41, 5.74) is 1.29. The fraction of sp³-hybridized carbons (Fsp3) is 0.182. The number of hydrogen-bond donors (Lipinski definition) is 2. The van der Waals surface area contributed by atoms with Gasteiger partial charge in [-0.05, 0) is 17.7 Å². The van der Waals surface area contributed by atoms with E-state index in [4.69, 9.17) is 5.11 Å². The number of hydrogen-bond acceptors (Lipinski definition) is 2. The molecule has 0 aliphatic carbocycles. The molecule has 0 aliphatic rings. The first-order chi connectivity index (χ1) is 6.77. The summed E-state index contributed by atoms with van der Waals surface area (Å²) in [6.45, 7) is 3.90. The third-order valence-corrected chi connectivity index (χ3v) is 1.78. The van der Waals surface area contributed by atoms with Crippen molar-refractivity contribution in [1.29, 1.82) is 0 Å². The number of carbonyl (C=O) groups excluding carboxylic acids is 1. The molecule has 0 unspecified atom stereocenters. The van der Waals surface area contributed by atoms with Crippen molar-refractivity contribution < 1.29 is 9.90 Å². The van der Waals surface area contributed by atoms with Crippen LogP contribution in [0.2, 0.25) is 0 Å². The highest BCUT2D eigenvalue weighted by Crippen LogP contribution is 2.04. The van der Waals surface area contributed by atoms with Gasteiger partial charge >= 0.3 is 0 Å². The molecule has 0 bridgehead atoms. The maximum atomic E-state index is 11.4. The quantitative estimate of drug-likeness (QED) is 0.700. The Bertz CT molecular complexity index is 334. The Morgan fingerprint density at radius 2 is 2.36 bits per heavy atom. The van der Waals surface area contributed by atoms with E-state index in [0.29, 0.717) is 12.1 Å². The van der Waals surface area contributed by atoms with E-state index in [2.05, 4.69) is 11.9 Å². The number of rotatable bonds is 4. The highest BCUT2D eigenvalue weighted by molar-refractivity contribution is 5.94. The molecule has 0 atom stereocenters. The Labute approximate surface area is 83.1 Å². The number of amides is 1. The maximum Gasteiger partial charge on any atom is 0.251 e. The SMILES string of the molecule is C=CCNC(=O)c1cccc(CO)c1. The summed E-state index contributed by atoms with van der Waals surface area (Å²) in [5.74, 6) is -0.153. The van der Waals surface area contributed by atoms with Crippen molar-refractivity contribution in [1.82, 2.24) is 5.32 Å². The van der Waals surface area contributed by atoms with Crippen molar-refractivity contribution in [3.05, 3.63) is 48.0 Å². The molecular weight excluding hydrogens is 178 g/mol. The zero-order valence-corrected chi connectivity index (χ0v) is 7.86. The summed E-state index contributed by atoms with van der Waals surface area (Å²) in [5, 5.41) is 11.5. The fourth-order valence-corrected chi connectivity index (χ4v) is 1.08. The smallest absolute Gasteiger partial charge is 0.251 e. The van der Waals surface area contributed by atoms with E-state index in [-0.39, 0.29) is 12.5 Å². The van der Waals surface area contributed by atoms with Crippen LogP contribution < -0.4 is 5.32 Å². The Morgan fingerprint density at radius 3 is 3.00 bits per heavy atom. The monoisotopic (exact) mass is 191 g/mol. The lowest BCUT2D eigenvalue weighted by atomic mass is 10.1. The van der Waals surface area contributed by atoms with E-state index in [9.17, 15) is 4.79 Å². The molecule has 0 aliphatic heterocycles. The van der Waals surface area contributed by atoms with Gasteiger partial charge in [0.25, 0.3) is 5.91 Å². The Balaban J connectivity index is 2.73. The lowest BCUT2D eigenvalue weighted by Crippen LogP contribution is -2.23. The largest absolute Gasteiger partial charge is 0.392 e. The van der Waals surface area contributed by atoms with Gasteiger partial charge in [-0.3, -0.25) is 4.79 Å². The molecule has 3 nitrogen and oxygen atoms in total. The zero-order valence-electron chi connectivity index (χ0n) is 7.86. The minimum absolute atomic E-state index is 0.0530. The molecule has 3 heteroatoms. The normalized spacial score (nSPS) is 9.50. The minimum atomic E-state index is -0.153. The van der Waals surface area contributed by atoms with Gasteiger partial charge in [0, 0.05) is 12.1 Å². The van der Waals surface area contributed by atoms with Crippen LogP contribution in [0.5, 0.6) is 0 Å². The van der Waals surface area contributed by atoms with Gasteiger partial charge in [-0.25, -0.2) is 0 Å². The molecule has 0 saturated heterocycles. The average molecular weight is 191 g/mol. The van der Waals surface area contributed by atoms with E-state index < -0.39 is 0 Å². The first-order valence-electron chi connectivity index (χ1n) is 4.37. The van der Waals surface area contributed by atoms with Gasteiger partial charge < -0.3 is 10.4 Å². The molecule has 1 amide bonds. The first-order valence-corrected chi connectivity index (χ1v) is 4.37. The van der Waals surface area contributed by atoms with Gasteiger partial charge in [-0.2, -0.15) is 0 Å². The second-order valence-electron chi connectivity index (χ2n) is 2.86. The van der Waals surface area contributed by atoms with Crippen LogP contribution in [0.25, 0.3) is 0 Å². The molecule has 14 heavy (non-hydrogen) atoms. The lowest BCUT2D eigenvalue weighted by Gasteiger charge is -2.03. The van der Waals surface area contributed by atoms with E-state index >= 15 is 0 Å². The van der Waals surface area contributed by atoms with Crippen LogP contribution >= 0.6 is 0 Å². The average Bonchev–Trinajstić information content (AvgIpc) is 2.26. The van der Waals surface area contributed by atoms with Crippen molar-refractivity contribution >= 4 is 5.91 Å². The summed E-state index contributed by atoms with van der Waals surface area (Å²) < 4.78 is 0. The minimum Gasteiger partial charge on any atom is -0.392 e. The maximum absolute atomic E-state index is 11.4. The van der Waals surface area contributed by atoms with E-state index in [1.807, 2.05) is 0 Å². The van der Waals surface area contributed by atoms with Gasteiger partial charge in [-0.15, -0.1) is 6.58 Å². The third kappa shape index (κ3) is 2.71. The predicted octanol–water partition coefficient (Wildman–Crippen LogP) is 1.09. The Kier molecular flexibility index (Phi) is 3.88. The summed E-state index contributed by atoms with van der Waals surface area (Å²) in [7, 11) is 0. The van der Waals surface area contributed by atoms with Crippen molar-refractivity contribution in [2.24, 2.45) is 0 Å². The highest BCUT2D eigenvalue weighted by Gasteiger charge is 2.03. The topological polar surface area (TPSA) is 49.3 Å². The molecule has 1 rings (SSSR count). The number of nitrogens with one attached hydrogen (secondary N) is 1. The Morgan fingerprint density at radius 1 is 1.57 bits per heavy atom. The van der Waals surface area contributed by atoms with Gasteiger partial charge in [-0.1, -0.05) is 18.2 Å². The van der Waals surface area contributed by atoms with Crippen LogP contribution in [0.3, 0.4) is 0 Å². The zero-order chi connectivity index (χ0) is 10.4. The number of carbonyl (C=O) groups is 1. The molecule has 0 heterocycles. The van der Waals surface area contributed by atoms with Gasteiger partial charge in [0.1, 0.15) is 0 Å². The van der Waals surface area contributed by atoms with Crippen LogP contribution in [0.1, 0.15) is 15.9 Å². The number of aliphatic hydroxyl groups is 1. The van der Waals surface area contributed by atoms with Gasteiger partial charge in [0.15, 0.2) is 0 Å². The molecule has 0 fully saturated rings. The second kappa shape index (κ2) is 5.19.